The molecule has 0 bridgehead atoms. The maximum absolute atomic E-state index is 12.2. The number of carbonyl (C=O) groups is 2. The van der Waals surface area contributed by atoms with E-state index >= 15 is 0 Å². The van der Waals surface area contributed by atoms with Gasteiger partial charge in [-0.2, -0.15) is 0 Å². The van der Waals surface area contributed by atoms with Crippen molar-refractivity contribution in [3.8, 4) is 0 Å². The van der Waals surface area contributed by atoms with E-state index < -0.39 is 0 Å². The molecule has 5 heteroatoms. The van der Waals surface area contributed by atoms with E-state index in [0.717, 1.165) is 12.8 Å². The van der Waals surface area contributed by atoms with Crippen LogP contribution < -0.4 is 10.6 Å². The average Bonchev–Trinajstić information content (AvgIpc) is 3.33. The van der Waals surface area contributed by atoms with Crippen LogP contribution in [0.2, 0.25) is 5.02 Å². The van der Waals surface area contributed by atoms with Gasteiger partial charge in [0.25, 0.3) is 11.8 Å². The highest BCUT2D eigenvalue weighted by atomic mass is 35.5. The van der Waals surface area contributed by atoms with E-state index in [4.69, 9.17) is 11.6 Å². The summed E-state index contributed by atoms with van der Waals surface area (Å²) in [4.78, 5) is 24.2. The standard InChI is InChI=1S/C17H15ClN2O2/c18-13-4-6-14(7-5-13)19-16(21)11-2-1-3-12(10-11)17(22)20-15-8-9-15/h1-7,10,15H,8-9H2,(H,19,21)(H,20,22). The third-order valence-electron chi connectivity index (χ3n) is 3.40. The fraction of sp³-hybridized carbons (Fsp3) is 0.176. The summed E-state index contributed by atoms with van der Waals surface area (Å²) >= 11 is 5.81. The number of amides is 2. The molecule has 0 aliphatic heterocycles. The molecular weight excluding hydrogens is 300 g/mol. The fourth-order valence-corrected chi connectivity index (χ4v) is 2.16. The zero-order valence-electron chi connectivity index (χ0n) is 11.8. The molecule has 4 nitrogen and oxygen atoms in total. The van der Waals surface area contributed by atoms with Crippen molar-refractivity contribution in [3.05, 3.63) is 64.7 Å². The Morgan fingerprint density at radius 1 is 0.955 bits per heavy atom. The summed E-state index contributed by atoms with van der Waals surface area (Å²) in [5, 5.41) is 6.29. The second-order valence-corrected chi connectivity index (χ2v) is 5.73. The van der Waals surface area contributed by atoms with Crippen LogP contribution in [0.25, 0.3) is 0 Å². The van der Waals surface area contributed by atoms with Gasteiger partial charge in [0.05, 0.1) is 0 Å². The van der Waals surface area contributed by atoms with Crippen LogP contribution in [0.15, 0.2) is 48.5 Å². The maximum atomic E-state index is 12.2. The van der Waals surface area contributed by atoms with Gasteiger partial charge in [0.2, 0.25) is 0 Å². The molecule has 1 saturated carbocycles. The van der Waals surface area contributed by atoms with E-state index in [1.165, 1.54) is 0 Å². The normalized spacial score (nSPS) is 13.5. The van der Waals surface area contributed by atoms with Gasteiger partial charge in [-0.15, -0.1) is 0 Å². The first-order chi connectivity index (χ1) is 10.6. The highest BCUT2D eigenvalue weighted by Gasteiger charge is 2.24. The first kappa shape index (κ1) is 14.6. The predicted octanol–water partition coefficient (Wildman–Crippen LogP) is 3.48. The van der Waals surface area contributed by atoms with Crippen molar-refractivity contribution in [2.24, 2.45) is 0 Å². The first-order valence-electron chi connectivity index (χ1n) is 7.10. The van der Waals surface area contributed by atoms with Gasteiger partial charge < -0.3 is 10.6 Å². The van der Waals surface area contributed by atoms with Gasteiger partial charge >= 0.3 is 0 Å². The first-order valence-corrected chi connectivity index (χ1v) is 7.47. The summed E-state index contributed by atoms with van der Waals surface area (Å²) in [6, 6.07) is 13.8. The monoisotopic (exact) mass is 314 g/mol. The van der Waals surface area contributed by atoms with Gasteiger partial charge in [-0.25, -0.2) is 0 Å². The zero-order chi connectivity index (χ0) is 15.5. The smallest absolute Gasteiger partial charge is 0.255 e. The molecule has 1 aliphatic carbocycles. The van der Waals surface area contributed by atoms with Gasteiger partial charge in [0, 0.05) is 27.9 Å². The Bertz CT molecular complexity index is 709. The molecule has 0 aromatic heterocycles. The molecule has 0 unspecified atom stereocenters. The van der Waals surface area contributed by atoms with E-state index in [2.05, 4.69) is 10.6 Å². The van der Waals surface area contributed by atoms with Gasteiger partial charge in [-0.3, -0.25) is 9.59 Å². The molecule has 2 amide bonds. The minimum atomic E-state index is -0.261. The van der Waals surface area contributed by atoms with E-state index in [9.17, 15) is 9.59 Å². The second kappa shape index (κ2) is 6.20. The summed E-state index contributed by atoms with van der Waals surface area (Å²) < 4.78 is 0. The number of carbonyl (C=O) groups excluding carboxylic acids is 2. The zero-order valence-corrected chi connectivity index (χ0v) is 12.6. The molecule has 0 spiro atoms. The summed E-state index contributed by atoms with van der Waals surface area (Å²) in [5.74, 6) is -0.396. The Balaban J connectivity index is 1.71. The molecule has 1 fully saturated rings. The van der Waals surface area contributed by atoms with Crippen LogP contribution in [0.3, 0.4) is 0 Å². The molecule has 0 heterocycles. The molecule has 3 rings (SSSR count). The van der Waals surface area contributed by atoms with Crippen molar-refractivity contribution in [1.29, 1.82) is 0 Å². The molecule has 1 aliphatic rings. The van der Waals surface area contributed by atoms with Gasteiger partial charge in [0.1, 0.15) is 0 Å². The summed E-state index contributed by atoms with van der Waals surface area (Å²) in [7, 11) is 0. The Hall–Kier alpha value is -2.33. The number of rotatable bonds is 4. The Morgan fingerprint density at radius 3 is 2.23 bits per heavy atom. The molecule has 2 aromatic carbocycles. The highest BCUT2D eigenvalue weighted by molar-refractivity contribution is 6.30. The second-order valence-electron chi connectivity index (χ2n) is 5.29. The molecule has 2 aromatic rings. The molecule has 0 saturated heterocycles. The van der Waals surface area contributed by atoms with Crippen molar-refractivity contribution >= 4 is 29.1 Å². The number of halogens is 1. The molecule has 112 valence electrons. The number of anilines is 1. The number of hydrogen-bond acceptors (Lipinski definition) is 2. The number of nitrogens with one attached hydrogen (secondary N) is 2. The molecule has 2 N–H and O–H groups in total. The Labute approximate surface area is 133 Å². The summed E-state index contributed by atoms with van der Waals surface area (Å²) in [6.45, 7) is 0. The van der Waals surface area contributed by atoms with Crippen LogP contribution in [-0.2, 0) is 0 Å². The van der Waals surface area contributed by atoms with E-state index in [1.54, 1.807) is 48.5 Å². The minimum absolute atomic E-state index is 0.136. The van der Waals surface area contributed by atoms with Crippen molar-refractivity contribution < 1.29 is 9.59 Å². The Morgan fingerprint density at radius 2 is 1.59 bits per heavy atom. The summed E-state index contributed by atoms with van der Waals surface area (Å²) in [6.07, 6.45) is 2.06. The molecule has 0 atom stereocenters. The third kappa shape index (κ3) is 3.65. The lowest BCUT2D eigenvalue weighted by atomic mass is 10.1. The Kier molecular flexibility index (Phi) is 4.11. The number of benzene rings is 2. The largest absolute Gasteiger partial charge is 0.349 e. The van der Waals surface area contributed by atoms with Gasteiger partial charge in [0.15, 0.2) is 0 Å². The molecule has 0 radical (unpaired) electrons. The van der Waals surface area contributed by atoms with Crippen molar-refractivity contribution in [2.75, 3.05) is 5.32 Å². The van der Waals surface area contributed by atoms with Crippen LogP contribution in [0.1, 0.15) is 33.6 Å². The van der Waals surface area contributed by atoms with Gasteiger partial charge in [-0.05, 0) is 55.3 Å². The molecule has 22 heavy (non-hydrogen) atoms. The fourth-order valence-electron chi connectivity index (χ4n) is 2.03. The average molecular weight is 315 g/mol. The van der Waals surface area contributed by atoms with E-state index in [-0.39, 0.29) is 11.8 Å². The van der Waals surface area contributed by atoms with Crippen LogP contribution in [-0.4, -0.2) is 17.9 Å². The van der Waals surface area contributed by atoms with E-state index in [1.807, 2.05) is 0 Å². The maximum Gasteiger partial charge on any atom is 0.255 e. The lowest BCUT2D eigenvalue weighted by Crippen LogP contribution is -2.25. The van der Waals surface area contributed by atoms with Crippen molar-refractivity contribution in [3.63, 3.8) is 0 Å². The quantitative estimate of drug-likeness (QED) is 0.907. The number of hydrogen-bond donors (Lipinski definition) is 2. The lowest BCUT2D eigenvalue weighted by molar-refractivity contribution is 0.0951. The minimum Gasteiger partial charge on any atom is -0.349 e. The lowest BCUT2D eigenvalue weighted by Gasteiger charge is -2.07. The van der Waals surface area contributed by atoms with Crippen LogP contribution in [0.5, 0.6) is 0 Å². The van der Waals surface area contributed by atoms with Crippen LogP contribution in [0, 0.1) is 0 Å². The SMILES string of the molecule is O=C(Nc1ccc(Cl)cc1)c1cccc(C(=O)NC2CC2)c1. The van der Waals surface area contributed by atoms with Crippen LogP contribution in [0.4, 0.5) is 5.69 Å². The predicted molar refractivity (Wildman–Crippen MR) is 86.3 cm³/mol. The van der Waals surface area contributed by atoms with Gasteiger partial charge in [-0.1, -0.05) is 17.7 Å². The van der Waals surface area contributed by atoms with Crippen molar-refractivity contribution in [2.45, 2.75) is 18.9 Å². The highest BCUT2D eigenvalue weighted by Crippen LogP contribution is 2.20. The van der Waals surface area contributed by atoms with Crippen molar-refractivity contribution in [1.82, 2.24) is 5.32 Å². The molecular formula is C17H15ClN2O2. The van der Waals surface area contributed by atoms with E-state index in [0.29, 0.717) is 27.9 Å². The topological polar surface area (TPSA) is 58.2 Å². The summed E-state index contributed by atoms with van der Waals surface area (Å²) in [5.41, 5.74) is 1.59. The third-order valence-corrected chi connectivity index (χ3v) is 3.65. The van der Waals surface area contributed by atoms with Crippen LogP contribution >= 0.6 is 11.6 Å².